The van der Waals surface area contributed by atoms with Gasteiger partial charge in [0.1, 0.15) is 0 Å². The second-order valence-corrected chi connectivity index (χ2v) is 4.88. The van der Waals surface area contributed by atoms with E-state index in [2.05, 4.69) is 5.32 Å². The summed E-state index contributed by atoms with van der Waals surface area (Å²) in [5, 5.41) is 20.2. The van der Waals surface area contributed by atoms with Gasteiger partial charge in [0.15, 0.2) is 0 Å². The number of hydrogen-bond donors (Lipinski definition) is 2. The summed E-state index contributed by atoms with van der Waals surface area (Å²) < 4.78 is 0. The van der Waals surface area contributed by atoms with E-state index in [0.29, 0.717) is 17.5 Å². The van der Waals surface area contributed by atoms with Crippen molar-refractivity contribution in [2.75, 3.05) is 6.54 Å². The first-order chi connectivity index (χ1) is 8.86. The van der Waals surface area contributed by atoms with Gasteiger partial charge in [0.25, 0.3) is 5.91 Å². The van der Waals surface area contributed by atoms with E-state index in [1.807, 2.05) is 6.07 Å². The largest absolute Gasteiger partial charge is 0.481 e. The fourth-order valence-corrected chi connectivity index (χ4v) is 1.39. The second kappa shape index (κ2) is 6.01. The molecule has 0 radical (unpaired) electrons. The molecule has 0 atom stereocenters. The van der Waals surface area contributed by atoms with Crippen LogP contribution in [0.4, 0.5) is 0 Å². The van der Waals surface area contributed by atoms with E-state index in [-0.39, 0.29) is 12.5 Å². The highest BCUT2D eigenvalue weighted by Crippen LogP contribution is 2.19. The monoisotopic (exact) mass is 260 g/mol. The summed E-state index contributed by atoms with van der Waals surface area (Å²) in [6.45, 7) is 3.52. The van der Waals surface area contributed by atoms with E-state index in [0.717, 1.165) is 0 Å². The summed E-state index contributed by atoms with van der Waals surface area (Å²) in [6.07, 6.45) is 0.352. The minimum Gasteiger partial charge on any atom is -0.481 e. The molecule has 0 bridgehead atoms. The molecule has 2 N–H and O–H groups in total. The number of nitriles is 1. The first kappa shape index (κ1) is 14.7. The first-order valence-electron chi connectivity index (χ1n) is 5.88. The molecule has 1 aromatic carbocycles. The molecule has 1 aromatic rings. The van der Waals surface area contributed by atoms with Gasteiger partial charge in [-0.15, -0.1) is 0 Å². The molecule has 100 valence electrons. The summed E-state index contributed by atoms with van der Waals surface area (Å²) in [6, 6.07) is 8.23. The van der Waals surface area contributed by atoms with Gasteiger partial charge >= 0.3 is 5.97 Å². The van der Waals surface area contributed by atoms with E-state index in [1.54, 1.807) is 38.1 Å². The molecule has 1 rings (SSSR count). The number of nitrogens with one attached hydrogen (secondary N) is 1. The zero-order valence-corrected chi connectivity index (χ0v) is 10.9. The van der Waals surface area contributed by atoms with E-state index in [4.69, 9.17) is 10.4 Å². The highest BCUT2D eigenvalue weighted by atomic mass is 16.4. The topological polar surface area (TPSA) is 90.2 Å². The van der Waals surface area contributed by atoms with Crippen molar-refractivity contribution in [2.24, 2.45) is 5.41 Å². The number of carboxylic acids is 1. The van der Waals surface area contributed by atoms with Crippen LogP contribution in [0.15, 0.2) is 24.3 Å². The van der Waals surface area contributed by atoms with Gasteiger partial charge in [-0.2, -0.15) is 5.26 Å². The minimum atomic E-state index is -0.889. The van der Waals surface area contributed by atoms with Crippen LogP contribution in [0.3, 0.4) is 0 Å². The van der Waals surface area contributed by atoms with Crippen molar-refractivity contribution < 1.29 is 14.7 Å². The van der Waals surface area contributed by atoms with Crippen molar-refractivity contribution in [2.45, 2.75) is 20.3 Å². The zero-order valence-electron chi connectivity index (χ0n) is 10.9. The molecule has 0 saturated heterocycles. The molecule has 0 fully saturated rings. The molecule has 0 spiro atoms. The predicted molar refractivity (Wildman–Crippen MR) is 69.5 cm³/mol. The number of aliphatic carboxylic acids is 1. The third-order valence-corrected chi connectivity index (χ3v) is 2.89. The van der Waals surface area contributed by atoms with Crippen LogP contribution in [0.1, 0.15) is 36.2 Å². The lowest BCUT2D eigenvalue weighted by molar-refractivity contribution is -0.147. The number of amides is 1. The molecular formula is C14H16N2O3. The van der Waals surface area contributed by atoms with Gasteiger partial charge in [0.2, 0.25) is 0 Å². The van der Waals surface area contributed by atoms with Crippen LogP contribution in [-0.2, 0) is 4.79 Å². The quantitative estimate of drug-likeness (QED) is 0.844. The molecular weight excluding hydrogens is 244 g/mol. The van der Waals surface area contributed by atoms with Crippen LogP contribution in [0.2, 0.25) is 0 Å². The van der Waals surface area contributed by atoms with E-state index in [1.165, 1.54) is 0 Å². The van der Waals surface area contributed by atoms with Crippen molar-refractivity contribution in [1.29, 1.82) is 5.26 Å². The van der Waals surface area contributed by atoms with Crippen molar-refractivity contribution in [3.8, 4) is 6.07 Å². The van der Waals surface area contributed by atoms with Crippen LogP contribution in [0, 0.1) is 16.7 Å². The summed E-state index contributed by atoms with van der Waals surface area (Å²) in [4.78, 5) is 22.7. The summed E-state index contributed by atoms with van der Waals surface area (Å²) in [5.41, 5.74) is 0.0773. The SMILES string of the molecule is CC(C)(CCNC(=O)c1ccc(C#N)cc1)C(=O)O. The fourth-order valence-electron chi connectivity index (χ4n) is 1.39. The van der Waals surface area contributed by atoms with Gasteiger partial charge in [-0.3, -0.25) is 9.59 Å². The van der Waals surface area contributed by atoms with Crippen LogP contribution in [0.5, 0.6) is 0 Å². The number of benzene rings is 1. The Kier molecular flexibility index (Phi) is 4.65. The van der Waals surface area contributed by atoms with Gasteiger partial charge in [-0.1, -0.05) is 0 Å². The van der Waals surface area contributed by atoms with Crippen LogP contribution in [0.25, 0.3) is 0 Å². The Morgan fingerprint density at radius 1 is 1.32 bits per heavy atom. The molecule has 0 heterocycles. The Hall–Kier alpha value is -2.35. The van der Waals surface area contributed by atoms with Crippen LogP contribution in [-0.4, -0.2) is 23.5 Å². The third-order valence-electron chi connectivity index (χ3n) is 2.89. The number of carbonyl (C=O) groups excluding carboxylic acids is 1. The maximum atomic E-state index is 11.8. The molecule has 0 aromatic heterocycles. The summed E-state index contributed by atoms with van der Waals surface area (Å²) in [5.74, 6) is -1.16. The molecule has 19 heavy (non-hydrogen) atoms. The number of hydrogen-bond acceptors (Lipinski definition) is 3. The van der Waals surface area contributed by atoms with Gasteiger partial charge in [0.05, 0.1) is 17.0 Å². The Morgan fingerprint density at radius 3 is 2.37 bits per heavy atom. The number of carboxylic acid groups (broad SMARTS) is 1. The van der Waals surface area contributed by atoms with Gasteiger partial charge in [-0.05, 0) is 44.5 Å². The average Bonchev–Trinajstić information content (AvgIpc) is 2.38. The maximum Gasteiger partial charge on any atom is 0.309 e. The van der Waals surface area contributed by atoms with E-state index >= 15 is 0 Å². The molecule has 5 nitrogen and oxygen atoms in total. The summed E-state index contributed by atoms with van der Waals surface area (Å²) >= 11 is 0. The van der Waals surface area contributed by atoms with E-state index < -0.39 is 11.4 Å². The Bertz CT molecular complexity index is 512. The molecule has 0 saturated carbocycles. The standard InChI is InChI=1S/C14H16N2O3/c1-14(2,13(18)19)7-8-16-12(17)11-5-3-10(9-15)4-6-11/h3-6H,7-8H2,1-2H3,(H,16,17)(H,18,19). The highest BCUT2D eigenvalue weighted by Gasteiger charge is 2.26. The molecule has 1 amide bonds. The molecule has 0 aliphatic heterocycles. The maximum absolute atomic E-state index is 11.8. The summed E-state index contributed by atoms with van der Waals surface area (Å²) in [7, 11) is 0. The lowest BCUT2D eigenvalue weighted by Crippen LogP contribution is -2.31. The Labute approximate surface area is 111 Å². The first-order valence-corrected chi connectivity index (χ1v) is 5.88. The van der Waals surface area contributed by atoms with E-state index in [9.17, 15) is 9.59 Å². The minimum absolute atomic E-state index is 0.273. The zero-order chi connectivity index (χ0) is 14.5. The van der Waals surface area contributed by atoms with Crippen molar-refractivity contribution >= 4 is 11.9 Å². The van der Waals surface area contributed by atoms with Gasteiger partial charge in [-0.25, -0.2) is 0 Å². The lowest BCUT2D eigenvalue weighted by atomic mass is 9.90. The highest BCUT2D eigenvalue weighted by molar-refractivity contribution is 5.94. The van der Waals surface area contributed by atoms with Gasteiger partial charge in [0, 0.05) is 12.1 Å². The number of rotatable bonds is 5. The predicted octanol–water partition coefficient (Wildman–Crippen LogP) is 1.79. The molecule has 5 heteroatoms. The smallest absolute Gasteiger partial charge is 0.309 e. The third kappa shape index (κ3) is 4.11. The molecule has 0 aliphatic rings. The number of carbonyl (C=O) groups is 2. The van der Waals surface area contributed by atoms with Crippen LogP contribution < -0.4 is 5.32 Å². The van der Waals surface area contributed by atoms with Crippen molar-refractivity contribution in [3.05, 3.63) is 35.4 Å². The van der Waals surface area contributed by atoms with Gasteiger partial charge < -0.3 is 10.4 Å². The molecule has 0 unspecified atom stereocenters. The Balaban J connectivity index is 2.52. The lowest BCUT2D eigenvalue weighted by Gasteiger charge is -2.18. The second-order valence-electron chi connectivity index (χ2n) is 4.88. The normalized spacial score (nSPS) is 10.6. The molecule has 0 aliphatic carbocycles. The Morgan fingerprint density at radius 2 is 1.89 bits per heavy atom. The van der Waals surface area contributed by atoms with Crippen LogP contribution >= 0.6 is 0 Å². The van der Waals surface area contributed by atoms with Crippen molar-refractivity contribution in [1.82, 2.24) is 5.32 Å². The average molecular weight is 260 g/mol. The van der Waals surface area contributed by atoms with Crippen molar-refractivity contribution in [3.63, 3.8) is 0 Å². The fraction of sp³-hybridized carbons (Fsp3) is 0.357. The number of nitrogens with zero attached hydrogens (tertiary/aromatic N) is 1.